The third-order valence-electron chi connectivity index (χ3n) is 9.03. The van der Waals surface area contributed by atoms with Crippen molar-refractivity contribution >= 4 is 81.0 Å². The minimum absolute atomic E-state index is 0.211. The number of Topliss-reactive ketones (excluding diaryl/α,β-unsaturated/α-hetero) is 2. The topological polar surface area (TPSA) is 139 Å². The molecule has 0 unspecified atom stereocenters. The Morgan fingerprint density at radius 2 is 0.615 bits per heavy atom. The Bertz CT molecular complexity index is 2090. The van der Waals surface area contributed by atoms with Crippen LogP contribution in [0.2, 0.25) is 0 Å². The molecule has 0 aliphatic carbocycles. The van der Waals surface area contributed by atoms with Crippen LogP contribution >= 0.6 is 13.8 Å². The van der Waals surface area contributed by atoms with Crippen molar-refractivity contribution in [2.75, 3.05) is 28.4 Å². The molecule has 0 aromatic heterocycles. The predicted molar refractivity (Wildman–Crippen MR) is 200 cm³/mol. The molecule has 0 saturated heterocycles. The molecule has 10 nitrogen and oxygen atoms in total. The molecule has 0 fully saturated rings. The van der Waals surface area contributed by atoms with E-state index in [0.717, 1.165) is 28.4 Å². The van der Waals surface area contributed by atoms with Crippen molar-refractivity contribution in [1.29, 1.82) is 0 Å². The fourth-order valence-corrected chi connectivity index (χ4v) is 17.0. The summed E-state index contributed by atoms with van der Waals surface area (Å²) in [5.74, 6) is -6.17. The monoisotopic (exact) mass is 734 g/mol. The molecule has 4 aromatic rings. The molecule has 0 amide bonds. The molecule has 0 radical (unpaired) electrons. The van der Waals surface area contributed by atoms with Gasteiger partial charge in [0, 0.05) is 10.6 Å². The molecule has 0 spiro atoms. The van der Waals surface area contributed by atoms with E-state index in [9.17, 15) is 19.2 Å². The van der Waals surface area contributed by atoms with E-state index >= 15 is 9.59 Å². The average molecular weight is 735 g/mol. The summed E-state index contributed by atoms with van der Waals surface area (Å²) >= 11 is 0. The van der Waals surface area contributed by atoms with Crippen molar-refractivity contribution in [2.24, 2.45) is 0 Å². The molecule has 52 heavy (non-hydrogen) atoms. The molecule has 4 aromatic carbocycles. The van der Waals surface area contributed by atoms with Crippen LogP contribution in [0, 0.1) is 0 Å². The second-order valence-corrected chi connectivity index (χ2v) is 18.0. The molecule has 12 heteroatoms. The van der Waals surface area contributed by atoms with E-state index in [-0.39, 0.29) is 21.2 Å². The number of methoxy groups -OCH3 is 4. The maximum Gasteiger partial charge on any atom is 0.342 e. The Hall–Kier alpha value is -5.82. The number of rotatable bonds is 9. The first-order valence-corrected chi connectivity index (χ1v) is 19.4. The number of carbonyl (C=O) groups excluding carboxylic acids is 6. The van der Waals surface area contributed by atoms with E-state index in [0.29, 0.717) is 21.2 Å². The van der Waals surface area contributed by atoms with Crippen molar-refractivity contribution in [3.8, 4) is 0 Å². The van der Waals surface area contributed by atoms with Crippen LogP contribution in [-0.2, 0) is 47.7 Å². The quantitative estimate of drug-likeness (QED) is 0.109. The Morgan fingerprint density at radius 3 is 0.827 bits per heavy atom. The molecule has 0 bridgehead atoms. The number of hydrogen-bond donors (Lipinski definition) is 0. The van der Waals surface area contributed by atoms with E-state index in [1.807, 2.05) is 0 Å². The zero-order valence-electron chi connectivity index (χ0n) is 28.5. The first-order valence-electron chi connectivity index (χ1n) is 15.9. The Labute approximate surface area is 299 Å². The Kier molecular flexibility index (Phi) is 9.99. The molecule has 0 N–H and O–H groups in total. The van der Waals surface area contributed by atoms with Crippen LogP contribution in [0.4, 0.5) is 0 Å². The lowest BCUT2D eigenvalue weighted by Gasteiger charge is -2.33. The van der Waals surface area contributed by atoms with Gasteiger partial charge in [0.15, 0.2) is 0 Å². The normalized spacial score (nSPS) is 16.2. The largest absolute Gasteiger partial charge is 0.465 e. The van der Waals surface area contributed by atoms with Gasteiger partial charge in [0.2, 0.25) is 11.6 Å². The fourth-order valence-electron chi connectivity index (χ4n) is 7.04. The zero-order chi connectivity index (χ0) is 37.2. The summed E-state index contributed by atoms with van der Waals surface area (Å²) in [6.45, 7) is -7.90. The second-order valence-electron chi connectivity index (χ2n) is 11.5. The lowest BCUT2D eigenvalue weighted by molar-refractivity contribution is -0.139. The third-order valence-corrected chi connectivity index (χ3v) is 17.9. The van der Waals surface area contributed by atoms with Crippen LogP contribution in [0.1, 0.15) is 0 Å². The standard InChI is InChI=1S/C40H32O10P2/c1-47-37(43)29-31(41)35(51(33(29)39(45)49-3,25-17-9-5-10-18-25)26-19-11-6-12-20-26)36-32(42)30(38(44)48-2)34(40(46)50-4)52(36,27-21-13-7-14-22-27)28-23-15-8-16-24-28/h5-24H,1-4H3. The van der Waals surface area contributed by atoms with Gasteiger partial charge < -0.3 is 18.9 Å². The predicted octanol–water partition coefficient (Wildman–Crippen LogP) is 3.03. The SMILES string of the molecule is COC(=O)C1=C(C(=O)OC)P(c2ccccc2)(c2ccccc2)=C(C2=P(c3ccccc3)(c3ccccc3)C(C(=O)OC)=C(C(=O)OC)C2=O)C1=O. The second kappa shape index (κ2) is 14.4. The fraction of sp³-hybridized carbons (Fsp3) is 0.100. The number of ketones is 2. The summed E-state index contributed by atoms with van der Waals surface area (Å²) in [4.78, 5) is 87.2. The van der Waals surface area contributed by atoms with Crippen LogP contribution in [0.25, 0.3) is 0 Å². The first-order chi connectivity index (χ1) is 25.2. The highest BCUT2D eigenvalue weighted by Gasteiger charge is 2.58. The smallest absolute Gasteiger partial charge is 0.342 e. The van der Waals surface area contributed by atoms with Crippen molar-refractivity contribution in [3.63, 3.8) is 0 Å². The van der Waals surface area contributed by atoms with Gasteiger partial charge in [0.05, 0.1) is 39.1 Å². The zero-order valence-corrected chi connectivity index (χ0v) is 30.3. The van der Waals surface area contributed by atoms with Gasteiger partial charge in [0.25, 0.3) is 0 Å². The van der Waals surface area contributed by atoms with Crippen LogP contribution in [0.15, 0.2) is 143 Å². The summed E-state index contributed by atoms with van der Waals surface area (Å²) in [6.07, 6.45) is 0. The van der Waals surface area contributed by atoms with Crippen LogP contribution < -0.4 is 21.2 Å². The van der Waals surface area contributed by atoms with Gasteiger partial charge in [-0.2, -0.15) is 0 Å². The van der Waals surface area contributed by atoms with E-state index in [1.54, 1.807) is 121 Å². The van der Waals surface area contributed by atoms with E-state index in [4.69, 9.17) is 18.9 Å². The first kappa shape index (κ1) is 36.0. The van der Waals surface area contributed by atoms with E-state index < -0.39 is 60.4 Å². The van der Waals surface area contributed by atoms with Gasteiger partial charge in [-0.1, -0.05) is 121 Å². The molecule has 2 aliphatic rings. The molecule has 262 valence electrons. The molecular weight excluding hydrogens is 702 g/mol. The highest BCUT2D eigenvalue weighted by molar-refractivity contribution is 8.04. The lowest BCUT2D eigenvalue weighted by Crippen LogP contribution is -2.38. The van der Waals surface area contributed by atoms with Gasteiger partial charge in [-0.3, -0.25) is 9.59 Å². The third kappa shape index (κ3) is 5.17. The van der Waals surface area contributed by atoms with Gasteiger partial charge in [0.1, 0.15) is 11.1 Å². The maximum atomic E-state index is 15.5. The van der Waals surface area contributed by atoms with Crippen molar-refractivity contribution < 1.29 is 47.7 Å². The average Bonchev–Trinajstić information content (AvgIpc) is 3.63. The number of ether oxygens (including phenoxy) is 4. The highest BCUT2D eigenvalue weighted by atomic mass is 31.2. The molecule has 6 rings (SSSR count). The minimum Gasteiger partial charge on any atom is -0.465 e. The number of carbonyl (C=O) groups is 6. The van der Waals surface area contributed by atoms with E-state index in [1.165, 1.54) is 0 Å². The number of hydrogen-bond acceptors (Lipinski definition) is 10. The maximum absolute atomic E-state index is 15.5. The lowest BCUT2D eigenvalue weighted by atomic mass is 10.0. The van der Waals surface area contributed by atoms with Crippen LogP contribution in [0.5, 0.6) is 0 Å². The van der Waals surface area contributed by atoms with Crippen LogP contribution in [-0.4, -0.2) is 74.5 Å². The summed E-state index contributed by atoms with van der Waals surface area (Å²) in [5.41, 5.74) is -1.23. The minimum atomic E-state index is -3.95. The summed E-state index contributed by atoms with van der Waals surface area (Å²) in [5, 5.41) is 0.706. The van der Waals surface area contributed by atoms with Gasteiger partial charge in [-0.25, -0.2) is 19.2 Å². The van der Waals surface area contributed by atoms with Gasteiger partial charge in [-0.05, 0) is 35.0 Å². The number of esters is 4. The van der Waals surface area contributed by atoms with Crippen molar-refractivity contribution in [2.45, 2.75) is 0 Å². The van der Waals surface area contributed by atoms with Crippen LogP contribution in [0.3, 0.4) is 0 Å². The van der Waals surface area contributed by atoms with E-state index in [2.05, 4.69) is 0 Å². The molecule has 2 heterocycles. The summed E-state index contributed by atoms with van der Waals surface area (Å²) in [7, 11) is 4.41. The van der Waals surface area contributed by atoms with Gasteiger partial charge in [-0.15, -0.1) is 0 Å². The van der Waals surface area contributed by atoms with Gasteiger partial charge >= 0.3 is 23.9 Å². The number of benzene rings is 4. The van der Waals surface area contributed by atoms with Crippen molar-refractivity contribution in [1.82, 2.24) is 0 Å². The molecule has 0 atom stereocenters. The molecule has 2 aliphatic heterocycles. The Morgan fingerprint density at radius 1 is 0.385 bits per heavy atom. The molecular formula is C40H32O10P2. The highest BCUT2D eigenvalue weighted by Crippen LogP contribution is 2.66. The Balaban J connectivity index is 2.07. The summed E-state index contributed by atoms with van der Waals surface area (Å²) < 4.78 is 20.9. The summed E-state index contributed by atoms with van der Waals surface area (Å²) in [6, 6.07) is 34.3. The van der Waals surface area contributed by atoms with Crippen molar-refractivity contribution in [3.05, 3.63) is 143 Å². The molecule has 0 saturated carbocycles.